The molecule has 1 atom stereocenters. The number of hydrogen-bond donors (Lipinski definition) is 0. The summed E-state index contributed by atoms with van der Waals surface area (Å²) >= 11 is 0. The van der Waals surface area contributed by atoms with E-state index in [9.17, 15) is 4.79 Å². The Bertz CT molecular complexity index is 192. The summed E-state index contributed by atoms with van der Waals surface area (Å²) in [4.78, 5) is 11.3. The highest BCUT2D eigenvalue weighted by Gasteiger charge is 2.28. The van der Waals surface area contributed by atoms with Crippen molar-refractivity contribution in [2.75, 3.05) is 6.61 Å². The minimum absolute atomic E-state index is 0.259. The number of Topliss-reactive ketones (excluding diaryl/α,β-unsaturated/α-hetero) is 1. The molecule has 2 heteroatoms. The largest absolute Gasteiger partial charge is 0.377 e. The maximum absolute atomic E-state index is 11.3. The molecule has 1 saturated carbocycles. The van der Waals surface area contributed by atoms with E-state index in [-0.39, 0.29) is 6.10 Å². The number of carbonyl (C=O) groups is 1. The van der Waals surface area contributed by atoms with Gasteiger partial charge in [0.1, 0.15) is 5.78 Å². The molecule has 0 aromatic heterocycles. The lowest BCUT2D eigenvalue weighted by Gasteiger charge is -2.29. The zero-order chi connectivity index (χ0) is 9.80. The predicted molar refractivity (Wildman–Crippen MR) is 55.2 cm³/mol. The molecular weight excluding hydrogens is 176 g/mol. The summed E-state index contributed by atoms with van der Waals surface area (Å²) in [7, 11) is 0. The molecule has 0 bridgehead atoms. The molecule has 80 valence electrons. The van der Waals surface area contributed by atoms with Gasteiger partial charge in [0.05, 0.1) is 12.7 Å². The fraction of sp³-hybridized carbons (Fsp3) is 0.917. The molecule has 1 aliphatic heterocycles. The van der Waals surface area contributed by atoms with Crippen LogP contribution in [0.1, 0.15) is 51.4 Å². The fourth-order valence-electron chi connectivity index (χ4n) is 2.69. The van der Waals surface area contributed by atoms with Gasteiger partial charge in [0, 0.05) is 12.8 Å². The second kappa shape index (κ2) is 4.92. The number of rotatable bonds is 1. The molecule has 0 spiro atoms. The van der Waals surface area contributed by atoms with Crippen LogP contribution in [0, 0.1) is 5.92 Å². The first-order chi connectivity index (χ1) is 6.86. The van der Waals surface area contributed by atoms with Gasteiger partial charge >= 0.3 is 0 Å². The van der Waals surface area contributed by atoms with Crippen LogP contribution in [0.15, 0.2) is 0 Å². The first-order valence-corrected chi connectivity index (χ1v) is 5.99. The molecule has 0 aromatic carbocycles. The molecule has 14 heavy (non-hydrogen) atoms. The smallest absolute Gasteiger partial charge is 0.137 e. The number of carbonyl (C=O) groups excluding carboxylic acids is 1. The van der Waals surface area contributed by atoms with Crippen LogP contribution in [0.5, 0.6) is 0 Å². The van der Waals surface area contributed by atoms with E-state index < -0.39 is 0 Å². The molecule has 1 saturated heterocycles. The summed E-state index contributed by atoms with van der Waals surface area (Å²) in [6.07, 6.45) is 9.55. The fourth-order valence-corrected chi connectivity index (χ4v) is 2.69. The summed E-state index contributed by atoms with van der Waals surface area (Å²) in [5.41, 5.74) is 0. The van der Waals surface area contributed by atoms with E-state index in [4.69, 9.17) is 4.74 Å². The van der Waals surface area contributed by atoms with Gasteiger partial charge in [-0.3, -0.25) is 4.79 Å². The van der Waals surface area contributed by atoms with Crippen molar-refractivity contribution >= 4 is 5.78 Å². The average molecular weight is 196 g/mol. The molecule has 1 unspecified atom stereocenters. The molecular formula is C12H20O2. The SMILES string of the molecule is O=C1CCOC(C2CCCCCC2)C1. The minimum atomic E-state index is 0.259. The van der Waals surface area contributed by atoms with Crippen LogP contribution in [0.3, 0.4) is 0 Å². The maximum Gasteiger partial charge on any atom is 0.137 e. The van der Waals surface area contributed by atoms with Crippen LogP contribution >= 0.6 is 0 Å². The lowest BCUT2D eigenvalue weighted by atomic mass is 9.89. The molecule has 1 heterocycles. The van der Waals surface area contributed by atoms with E-state index >= 15 is 0 Å². The van der Waals surface area contributed by atoms with Crippen LogP contribution < -0.4 is 0 Å². The van der Waals surface area contributed by atoms with Crippen molar-refractivity contribution < 1.29 is 9.53 Å². The van der Waals surface area contributed by atoms with Gasteiger partial charge in [-0.25, -0.2) is 0 Å². The van der Waals surface area contributed by atoms with Crippen LogP contribution in [0.4, 0.5) is 0 Å². The zero-order valence-electron chi connectivity index (χ0n) is 8.84. The van der Waals surface area contributed by atoms with Crippen molar-refractivity contribution in [3.63, 3.8) is 0 Å². The summed E-state index contributed by atoms with van der Waals surface area (Å²) in [5.74, 6) is 1.08. The van der Waals surface area contributed by atoms with E-state index in [1.807, 2.05) is 0 Å². The highest BCUT2D eigenvalue weighted by molar-refractivity contribution is 5.79. The summed E-state index contributed by atoms with van der Waals surface area (Å²) in [6, 6.07) is 0. The van der Waals surface area contributed by atoms with E-state index in [2.05, 4.69) is 0 Å². The quantitative estimate of drug-likeness (QED) is 0.603. The van der Waals surface area contributed by atoms with E-state index in [1.54, 1.807) is 0 Å². The first-order valence-electron chi connectivity index (χ1n) is 5.99. The standard InChI is InChI=1S/C12H20O2/c13-11-7-8-14-12(9-11)10-5-3-1-2-4-6-10/h10,12H,1-9H2. The Morgan fingerprint density at radius 2 is 1.79 bits per heavy atom. The normalized spacial score (nSPS) is 31.4. The lowest BCUT2D eigenvalue weighted by Crippen LogP contribution is -2.32. The third-order valence-electron chi connectivity index (χ3n) is 3.57. The Kier molecular flexibility index (Phi) is 3.57. The molecule has 0 radical (unpaired) electrons. The van der Waals surface area contributed by atoms with Gasteiger partial charge in [-0.05, 0) is 18.8 Å². The van der Waals surface area contributed by atoms with Crippen molar-refractivity contribution in [2.45, 2.75) is 57.5 Å². The Labute approximate surface area is 86.0 Å². The minimum Gasteiger partial charge on any atom is -0.377 e. The van der Waals surface area contributed by atoms with E-state index in [0.717, 1.165) is 0 Å². The van der Waals surface area contributed by atoms with Gasteiger partial charge in [0.2, 0.25) is 0 Å². The Morgan fingerprint density at radius 3 is 2.43 bits per heavy atom. The molecule has 0 aromatic rings. The summed E-state index contributed by atoms with van der Waals surface area (Å²) in [5, 5.41) is 0. The zero-order valence-corrected chi connectivity index (χ0v) is 8.84. The molecule has 2 rings (SSSR count). The highest BCUT2D eigenvalue weighted by atomic mass is 16.5. The second-order valence-corrected chi connectivity index (χ2v) is 4.65. The highest BCUT2D eigenvalue weighted by Crippen LogP contribution is 2.30. The summed E-state index contributed by atoms with van der Waals surface area (Å²) in [6.45, 7) is 0.667. The van der Waals surface area contributed by atoms with Crippen molar-refractivity contribution in [3.8, 4) is 0 Å². The van der Waals surface area contributed by atoms with Gasteiger partial charge in [0.25, 0.3) is 0 Å². The molecule has 2 fully saturated rings. The lowest BCUT2D eigenvalue weighted by molar-refractivity contribution is -0.131. The third-order valence-corrected chi connectivity index (χ3v) is 3.57. The first kappa shape index (κ1) is 10.2. The number of ketones is 1. The predicted octanol–water partition coefficient (Wildman–Crippen LogP) is 2.70. The third kappa shape index (κ3) is 2.57. The molecule has 0 N–H and O–H groups in total. The summed E-state index contributed by atoms with van der Waals surface area (Å²) < 4.78 is 5.72. The Balaban J connectivity index is 1.88. The van der Waals surface area contributed by atoms with Gasteiger partial charge in [-0.1, -0.05) is 25.7 Å². The van der Waals surface area contributed by atoms with Crippen LogP contribution in [0.25, 0.3) is 0 Å². The van der Waals surface area contributed by atoms with Crippen molar-refractivity contribution in [2.24, 2.45) is 5.92 Å². The maximum atomic E-state index is 11.3. The topological polar surface area (TPSA) is 26.3 Å². The second-order valence-electron chi connectivity index (χ2n) is 4.65. The van der Waals surface area contributed by atoms with Crippen LogP contribution in [-0.4, -0.2) is 18.5 Å². The van der Waals surface area contributed by atoms with Gasteiger partial charge in [-0.15, -0.1) is 0 Å². The van der Waals surface area contributed by atoms with Gasteiger partial charge in [0.15, 0.2) is 0 Å². The monoisotopic (exact) mass is 196 g/mol. The van der Waals surface area contributed by atoms with Crippen LogP contribution in [0.2, 0.25) is 0 Å². The van der Waals surface area contributed by atoms with Crippen molar-refractivity contribution in [1.29, 1.82) is 0 Å². The molecule has 2 nitrogen and oxygen atoms in total. The average Bonchev–Trinajstić information content (AvgIpc) is 2.45. The van der Waals surface area contributed by atoms with Crippen molar-refractivity contribution in [3.05, 3.63) is 0 Å². The van der Waals surface area contributed by atoms with E-state index in [1.165, 1.54) is 38.5 Å². The Morgan fingerprint density at radius 1 is 1.07 bits per heavy atom. The number of hydrogen-bond acceptors (Lipinski definition) is 2. The van der Waals surface area contributed by atoms with Gasteiger partial charge in [-0.2, -0.15) is 0 Å². The van der Waals surface area contributed by atoms with E-state index in [0.29, 0.717) is 31.1 Å². The Hall–Kier alpha value is -0.370. The molecule has 1 aliphatic carbocycles. The molecule has 2 aliphatic rings. The van der Waals surface area contributed by atoms with Gasteiger partial charge < -0.3 is 4.74 Å². The van der Waals surface area contributed by atoms with Crippen molar-refractivity contribution in [1.82, 2.24) is 0 Å². The van der Waals surface area contributed by atoms with Crippen LogP contribution in [-0.2, 0) is 9.53 Å². The molecule has 0 amide bonds. The number of ether oxygens (including phenoxy) is 1.